The van der Waals surface area contributed by atoms with Crippen molar-refractivity contribution in [2.24, 2.45) is 5.41 Å². The molecule has 4 heteroatoms. The van der Waals surface area contributed by atoms with Gasteiger partial charge in [0.25, 0.3) is 0 Å². The SMILES string of the molecule is COc1cc(C)c(C)cc1N(C)CC1(C(=O)O)CC1. The van der Waals surface area contributed by atoms with Crippen molar-refractivity contribution in [2.75, 3.05) is 25.6 Å². The second-order valence-corrected chi connectivity index (χ2v) is 5.55. The molecule has 19 heavy (non-hydrogen) atoms. The highest BCUT2D eigenvalue weighted by Crippen LogP contribution is 2.47. The number of benzene rings is 1. The van der Waals surface area contributed by atoms with Gasteiger partial charge in [-0.1, -0.05) is 0 Å². The minimum atomic E-state index is -0.692. The molecule has 1 aromatic carbocycles. The Kier molecular flexibility index (Phi) is 3.43. The van der Waals surface area contributed by atoms with Gasteiger partial charge in [-0.05, 0) is 49.9 Å². The number of nitrogens with zero attached hydrogens (tertiary/aromatic N) is 1. The Bertz CT molecular complexity index is 506. The molecule has 1 saturated carbocycles. The van der Waals surface area contributed by atoms with Crippen molar-refractivity contribution in [1.82, 2.24) is 0 Å². The van der Waals surface area contributed by atoms with Crippen molar-refractivity contribution >= 4 is 11.7 Å². The first-order valence-corrected chi connectivity index (χ1v) is 6.49. The molecule has 1 N–H and O–H groups in total. The molecule has 0 bridgehead atoms. The van der Waals surface area contributed by atoms with E-state index in [0.717, 1.165) is 24.3 Å². The first-order chi connectivity index (χ1) is 8.89. The lowest BCUT2D eigenvalue weighted by Crippen LogP contribution is -2.32. The Hall–Kier alpha value is -1.71. The smallest absolute Gasteiger partial charge is 0.311 e. The van der Waals surface area contributed by atoms with Crippen LogP contribution in [0.4, 0.5) is 5.69 Å². The predicted octanol–water partition coefficient (Wildman–Crippen LogP) is 2.61. The normalized spacial score (nSPS) is 16.0. The maximum Gasteiger partial charge on any atom is 0.311 e. The van der Waals surface area contributed by atoms with Gasteiger partial charge in [0, 0.05) is 13.6 Å². The van der Waals surface area contributed by atoms with Crippen molar-refractivity contribution in [3.05, 3.63) is 23.3 Å². The zero-order valence-electron chi connectivity index (χ0n) is 12.0. The molecule has 0 aliphatic heterocycles. The summed E-state index contributed by atoms with van der Waals surface area (Å²) in [5.41, 5.74) is 2.76. The second-order valence-electron chi connectivity index (χ2n) is 5.55. The molecule has 0 radical (unpaired) electrons. The van der Waals surface area contributed by atoms with Gasteiger partial charge in [0.1, 0.15) is 5.75 Å². The summed E-state index contributed by atoms with van der Waals surface area (Å²) in [6.45, 7) is 4.62. The Morgan fingerprint density at radius 2 is 1.95 bits per heavy atom. The van der Waals surface area contributed by atoms with Crippen molar-refractivity contribution in [2.45, 2.75) is 26.7 Å². The number of methoxy groups -OCH3 is 1. The van der Waals surface area contributed by atoms with Crippen LogP contribution in [0.3, 0.4) is 0 Å². The predicted molar refractivity (Wildman–Crippen MR) is 75.0 cm³/mol. The Morgan fingerprint density at radius 1 is 1.37 bits per heavy atom. The van der Waals surface area contributed by atoms with E-state index in [0.29, 0.717) is 6.54 Å². The fraction of sp³-hybridized carbons (Fsp3) is 0.533. The topological polar surface area (TPSA) is 49.8 Å². The first kappa shape index (κ1) is 13.7. The van der Waals surface area contributed by atoms with E-state index in [9.17, 15) is 9.90 Å². The van der Waals surface area contributed by atoms with Gasteiger partial charge in [0.05, 0.1) is 18.2 Å². The molecule has 0 saturated heterocycles. The van der Waals surface area contributed by atoms with Crippen LogP contribution in [0.5, 0.6) is 5.75 Å². The van der Waals surface area contributed by atoms with Crippen LogP contribution < -0.4 is 9.64 Å². The average molecular weight is 263 g/mol. The van der Waals surface area contributed by atoms with Gasteiger partial charge in [-0.2, -0.15) is 0 Å². The Morgan fingerprint density at radius 3 is 2.42 bits per heavy atom. The van der Waals surface area contributed by atoms with E-state index in [1.54, 1.807) is 7.11 Å². The van der Waals surface area contributed by atoms with Crippen LogP contribution in [0.15, 0.2) is 12.1 Å². The van der Waals surface area contributed by atoms with Gasteiger partial charge in [-0.25, -0.2) is 0 Å². The molecule has 1 aliphatic carbocycles. The summed E-state index contributed by atoms with van der Waals surface area (Å²) in [7, 11) is 3.57. The highest BCUT2D eigenvalue weighted by Gasteiger charge is 2.51. The van der Waals surface area contributed by atoms with E-state index in [1.165, 1.54) is 11.1 Å². The molecule has 1 aliphatic rings. The fourth-order valence-corrected chi connectivity index (χ4v) is 2.37. The largest absolute Gasteiger partial charge is 0.495 e. The first-order valence-electron chi connectivity index (χ1n) is 6.49. The quantitative estimate of drug-likeness (QED) is 0.887. The number of hydrogen-bond acceptors (Lipinski definition) is 3. The van der Waals surface area contributed by atoms with Gasteiger partial charge in [-0.3, -0.25) is 4.79 Å². The number of carboxylic acids is 1. The Labute approximate surface area is 114 Å². The molecule has 104 valence electrons. The zero-order valence-corrected chi connectivity index (χ0v) is 12.0. The van der Waals surface area contributed by atoms with Gasteiger partial charge in [-0.15, -0.1) is 0 Å². The monoisotopic (exact) mass is 263 g/mol. The minimum absolute atomic E-state index is 0.529. The molecule has 1 fully saturated rings. The van der Waals surface area contributed by atoms with Crippen molar-refractivity contribution < 1.29 is 14.6 Å². The van der Waals surface area contributed by atoms with Crippen molar-refractivity contribution in [1.29, 1.82) is 0 Å². The van der Waals surface area contributed by atoms with Crippen LogP contribution in [0.1, 0.15) is 24.0 Å². The molecular formula is C15H21NO3. The Balaban J connectivity index is 2.26. The van der Waals surface area contributed by atoms with E-state index in [2.05, 4.69) is 13.0 Å². The highest BCUT2D eigenvalue weighted by molar-refractivity contribution is 5.79. The maximum atomic E-state index is 11.3. The van der Waals surface area contributed by atoms with E-state index < -0.39 is 11.4 Å². The van der Waals surface area contributed by atoms with Gasteiger partial charge >= 0.3 is 5.97 Å². The average Bonchev–Trinajstić information content (AvgIpc) is 3.13. The van der Waals surface area contributed by atoms with Crippen LogP contribution in [0, 0.1) is 19.3 Å². The number of anilines is 1. The van der Waals surface area contributed by atoms with Crippen LogP contribution in [0.2, 0.25) is 0 Å². The number of aliphatic carboxylic acids is 1. The maximum absolute atomic E-state index is 11.3. The van der Waals surface area contributed by atoms with Crippen LogP contribution in [-0.2, 0) is 4.79 Å². The lowest BCUT2D eigenvalue weighted by molar-refractivity contribution is -0.142. The highest BCUT2D eigenvalue weighted by atomic mass is 16.5. The number of aryl methyl sites for hydroxylation is 2. The summed E-state index contributed by atoms with van der Waals surface area (Å²) in [6.07, 6.45) is 1.53. The van der Waals surface area contributed by atoms with Gasteiger partial charge in [0.15, 0.2) is 0 Å². The molecule has 0 amide bonds. The summed E-state index contributed by atoms with van der Waals surface area (Å²) in [4.78, 5) is 13.3. The zero-order chi connectivity index (χ0) is 14.2. The molecule has 0 spiro atoms. The van der Waals surface area contributed by atoms with Gasteiger partial charge < -0.3 is 14.7 Å². The molecular weight excluding hydrogens is 242 g/mol. The number of hydrogen-bond donors (Lipinski definition) is 1. The van der Waals surface area contributed by atoms with Crippen LogP contribution >= 0.6 is 0 Å². The second kappa shape index (κ2) is 4.76. The molecule has 0 aromatic heterocycles. The molecule has 0 heterocycles. The van der Waals surface area contributed by atoms with Crippen LogP contribution in [-0.4, -0.2) is 31.8 Å². The lowest BCUT2D eigenvalue weighted by atomic mass is 10.0. The van der Waals surface area contributed by atoms with E-state index in [-0.39, 0.29) is 0 Å². The fourth-order valence-electron chi connectivity index (χ4n) is 2.37. The van der Waals surface area contributed by atoms with Crippen LogP contribution in [0.25, 0.3) is 0 Å². The number of rotatable bonds is 5. The summed E-state index contributed by atoms with van der Waals surface area (Å²) < 4.78 is 5.41. The van der Waals surface area contributed by atoms with Crippen molar-refractivity contribution in [3.63, 3.8) is 0 Å². The molecule has 4 nitrogen and oxygen atoms in total. The lowest BCUT2D eigenvalue weighted by Gasteiger charge is -2.25. The van der Waals surface area contributed by atoms with E-state index in [4.69, 9.17) is 4.74 Å². The summed E-state index contributed by atoms with van der Waals surface area (Å²) in [6, 6.07) is 4.06. The molecule has 0 atom stereocenters. The number of carboxylic acid groups (broad SMARTS) is 1. The third-order valence-electron chi connectivity index (χ3n) is 4.05. The van der Waals surface area contributed by atoms with E-state index in [1.807, 2.05) is 24.9 Å². The molecule has 2 rings (SSSR count). The van der Waals surface area contributed by atoms with E-state index >= 15 is 0 Å². The van der Waals surface area contributed by atoms with Crippen molar-refractivity contribution in [3.8, 4) is 5.75 Å². The molecule has 1 aromatic rings. The summed E-state index contributed by atoms with van der Waals surface area (Å²) in [5, 5.41) is 9.27. The minimum Gasteiger partial charge on any atom is -0.495 e. The third-order valence-corrected chi connectivity index (χ3v) is 4.05. The summed E-state index contributed by atoms with van der Waals surface area (Å²) >= 11 is 0. The summed E-state index contributed by atoms with van der Waals surface area (Å²) in [5.74, 6) is 0.105. The standard InChI is InChI=1S/C15H21NO3/c1-10-7-12(13(19-4)8-11(10)2)16(3)9-15(5-6-15)14(17)18/h7-8H,5-6,9H2,1-4H3,(H,17,18). The van der Waals surface area contributed by atoms with Gasteiger partial charge in [0.2, 0.25) is 0 Å². The third kappa shape index (κ3) is 2.53. The number of carbonyl (C=O) groups is 1. The molecule has 0 unspecified atom stereocenters. The number of ether oxygens (including phenoxy) is 1.